The molecule has 0 aliphatic heterocycles. The van der Waals surface area contributed by atoms with Crippen LogP contribution in [0, 0.1) is 5.82 Å². The second kappa shape index (κ2) is 5.94. The lowest BCUT2D eigenvalue weighted by Gasteiger charge is -2.04. The number of hydrogen-bond acceptors (Lipinski definition) is 5. The molecule has 0 spiro atoms. The van der Waals surface area contributed by atoms with Gasteiger partial charge in [-0.3, -0.25) is 4.79 Å². The molecule has 1 heterocycles. The van der Waals surface area contributed by atoms with Crippen LogP contribution >= 0.6 is 22.9 Å². The lowest BCUT2D eigenvalue weighted by atomic mass is 10.3. The van der Waals surface area contributed by atoms with Gasteiger partial charge in [-0.2, -0.15) is 0 Å². The van der Waals surface area contributed by atoms with Gasteiger partial charge >= 0.3 is 0 Å². The third-order valence-corrected chi connectivity index (χ3v) is 3.24. The van der Waals surface area contributed by atoms with Gasteiger partial charge < -0.3 is 10.6 Å². The van der Waals surface area contributed by atoms with Crippen LogP contribution in [0.5, 0.6) is 0 Å². The van der Waals surface area contributed by atoms with Crippen molar-refractivity contribution in [1.82, 2.24) is 10.2 Å². The van der Waals surface area contributed by atoms with E-state index < -0.39 is 11.7 Å². The Hall–Kier alpha value is -1.73. The molecule has 100 valence electrons. The van der Waals surface area contributed by atoms with E-state index in [9.17, 15) is 9.18 Å². The van der Waals surface area contributed by atoms with Gasteiger partial charge in [0.15, 0.2) is 0 Å². The van der Waals surface area contributed by atoms with E-state index in [0.717, 1.165) is 17.4 Å². The number of aromatic nitrogens is 2. The first-order valence-electron chi connectivity index (χ1n) is 5.44. The summed E-state index contributed by atoms with van der Waals surface area (Å²) in [4.78, 5) is 11.8. The van der Waals surface area contributed by atoms with Crippen LogP contribution in [-0.2, 0) is 0 Å². The molecule has 8 heteroatoms. The highest BCUT2D eigenvalue weighted by Crippen LogP contribution is 2.21. The molecule has 2 N–H and O–H groups in total. The maximum absolute atomic E-state index is 13.5. The van der Waals surface area contributed by atoms with E-state index in [4.69, 9.17) is 11.6 Å². The maximum Gasteiger partial charge on any atom is 0.286 e. The quantitative estimate of drug-likeness (QED) is 0.911. The van der Waals surface area contributed by atoms with Gasteiger partial charge in [0.25, 0.3) is 5.91 Å². The Bertz CT molecular complexity index is 604. The van der Waals surface area contributed by atoms with Crippen LogP contribution in [0.15, 0.2) is 18.2 Å². The first-order chi connectivity index (χ1) is 9.10. The normalized spacial score (nSPS) is 10.3. The molecule has 0 fully saturated rings. The molecule has 19 heavy (non-hydrogen) atoms. The summed E-state index contributed by atoms with van der Waals surface area (Å²) < 4.78 is 13.5. The van der Waals surface area contributed by atoms with Gasteiger partial charge in [0.2, 0.25) is 10.1 Å². The van der Waals surface area contributed by atoms with Gasteiger partial charge in [-0.25, -0.2) is 4.39 Å². The molecule has 1 aromatic carbocycles. The molecular formula is C11H10ClFN4OS. The Morgan fingerprint density at radius 3 is 2.95 bits per heavy atom. The maximum atomic E-state index is 13.5. The summed E-state index contributed by atoms with van der Waals surface area (Å²) in [6.45, 7) is 2.59. The van der Waals surface area contributed by atoms with Crippen LogP contribution in [0.25, 0.3) is 0 Å². The molecule has 0 saturated heterocycles. The smallest absolute Gasteiger partial charge is 0.286 e. The van der Waals surface area contributed by atoms with E-state index in [1.165, 1.54) is 12.1 Å². The van der Waals surface area contributed by atoms with Gasteiger partial charge in [0.05, 0.1) is 5.69 Å². The van der Waals surface area contributed by atoms with E-state index >= 15 is 0 Å². The molecule has 0 bridgehead atoms. The standard InChI is InChI=1S/C11H10ClFN4OS/c1-2-14-11-17-16-10(19-11)9(18)15-8-4-3-6(12)5-7(8)13/h3-5H,2H2,1H3,(H,14,17)(H,15,18). The lowest BCUT2D eigenvalue weighted by molar-refractivity contribution is 0.102. The van der Waals surface area contributed by atoms with E-state index in [1.807, 2.05) is 6.92 Å². The number of hydrogen-bond donors (Lipinski definition) is 2. The molecule has 0 aliphatic rings. The topological polar surface area (TPSA) is 66.9 Å². The Labute approximate surface area is 117 Å². The molecule has 1 amide bonds. The second-order valence-electron chi connectivity index (χ2n) is 3.52. The first kappa shape index (κ1) is 13.7. The summed E-state index contributed by atoms with van der Waals surface area (Å²) in [6, 6.07) is 4.01. The molecule has 0 saturated carbocycles. The van der Waals surface area contributed by atoms with Crippen molar-refractivity contribution < 1.29 is 9.18 Å². The third kappa shape index (κ3) is 3.39. The molecule has 0 atom stereocenters. The third-order valence-electron chi connectivity index (χ3n) is 2.13. The molecule has 0 aliphatic carbocycles. The van der Waals surface area contributed by atoms with E-state index in [2.05, 4.69) is 20.8 Å². The number of carbonyl (C=O) groups is 1. The number of amides is 1. The van der Waals surface area contributed by atoms with E-state index in [1.54, 1.807) is 0 Å². The minimum Gasteiger partial charge on any atom is -0.360 e. The fourth-order valence-corrected chi connectivity index (χ4v) is 2.17. The number of anilines is 2. The van der Waals surface area contributed by atoms with Crippen LogP contribution in [0.3, 0.4) is 0 Å². The molecule has 1 aromatic heterocycles. The second-order valence-corrected chi connectivity index (χ2v) is 4.93. The summed E-state index contributed by atoms with van der Waals surface area (Å²) in [5, 5.41) is 13.8. The average Bonchev–Trinajstić information content (AvgIpc) is 2.82. The summed E-state index contributed by atoms with van der Waals surface area (Å²) in [6.07, 6.45) is 0. The summed E-state index contributed by atoms with van der Waals surface area (Å²) in [7, 11) is 0. The van der Waals surface area contributed by atoms with Crippen molar-refractivity contribution in [2.45, 2.75) is 6.92 Å². The Morgan fingerprint density at radius 1 is 1.47 bits per heavy atom. The van der Waals surface area contributed by atoms with Crippen molar-refractivity contribution >= 4 is 39.7 Å². The number of benzene rings is 1. The monoisotopic (exact) mass is 300 g/mol. The Morgan fingerprint density at radius 2 is 2.26 bits per heavy atom. The fraction of sp³-hybridized carbons (Fsp3) is 0.182. The van der Waals surface area contributed by atoms with Crippen LogP contribution in [0.1, 0.15) is 16.7 Å². The average molecular weight is 301 g/mol. The zero-order valence-corrected chi connectivity index (χ0v) is 11.5. The highest BCUT2D eigenvalue weighted by Gasteiger charge is 2.14. The number of nitrogens with zero attached hydrogens (tertiary/aromatic N) is 2. The summed E-state index contributed by atoms with van der Waals surface area (Å²) >= 11 is 6.73. The Balaban J connectivity index is 2.11. The highest BCUT2D eigenvalue weighted by atomic mass is 35.5. The lowest BCUT2D eigenvalue weighted by Crippen LogP contribution is -2.12. The van der Waals surface area contributed by atoms with Crippen molar-refractivity contribution in [2.24, 2.45) is 0 Å². The first-order valence-corrected chi connectivity index (χ1v) is 6.63. The van der Waals surface area contributed by atoms with Crippen molar-refractivity contribution in [2.75, 3.05) is 17.2 Å². The molecule has 2 rings (SSSR count). The van der Waals surface area contributed by atoms with Gasteiger partial charge in [0.1, 0.15) is 5.82 Å². The van der Waals surface area contributed by atoms with Crippen LogP contribution < -0.4 is 10.6 Å². The van der Waals surface area contributed by atoms with Gasteiger partial charge in [-0.05, 0) is 25.1 Å². The van der Waals surface area contributed by atoms with Gasteiger partial charge in [0, 0.05) is 11.6 Å². The predicted octanol–water partition coefficient (Wildman–Crippen LogP) is 3.01. The molecular weight excluding hydrogens is 291 g/mol. The van der Waals surface area contributed by atoms with Crippen molar-refractivity contribution in [1.29, 1.82) is 0 Å². The number of halogens is 2. The van der Waals surface area contributed by atoms with Gasteiger partial charge in [-0.15, -0.1) is 10.2 Å². The van der Waals surface area contributed by atoms with E-state index in [-0.39, 0.29) is 15.7 Å². The number of carbonyl (C=O) groups excluding carboxylic acids is 1. The largest absolute Gasteiger partial charge is 0.360 e. The summed E-state index contributed by atoms with van der Waals surface area (Å²) in [5.74, 6) is -1.11. The minimum absolute atomic E-state index is 0.0506. The zero-order valence-electron chi connectivity index (χ0n) is 9.91. The predicted molar refractivity (Wildman–Crippen MR) is 73.4 cm³/mol. The van der Waals surface area contributed by atoms with Crippen molar-refractivity contribution in [3.8, 4) is 0 Å². The minimum atomic E-state index is -0.600. The highest BCUT2D eigenvalue weighted by molar-refractivity contribution is 7.17. The SMILES string of the molecule is CCNc1nnc(C(=O)Nc2ccc(Cl)cc2F)s1. The van der Waals surface area contributed by atoms with Crippen molar-refractivity contribution in [3.05, 3.63) is 34.0 Å². The van der Waals surface area contributed by atoms with Crippen LogP contribution in [0.2, 0.25) is 5.02 Å². The molecule has 0 radical (unpaired) electrons. The van der Waals surface area contributed by atoms with Crippen molar-refractivity contribution in [3.63, 3.8) is 0 Å². The molecule has 5 nitrogen and oxygen atoms in total. The molecule has 2 aromatic rings. The van der Waals surface area contributed by atoms with Gasteiger partial charge in [-0.1, -0.05) is 22.9 Å². The fourth-order valence-electron chi connectivity index (χ4n) is 1.30. The number of nitrogens with one attached hydrogen (secondary N) is 2. The zero-order chi connectivity index (χ0) is 13.8. The Kier molecular flexibility index (Phi) is 4.28. The van der Waals surface area contributed by atoms with Crippen LogP contribution in [0.4, 0.5) is 15.2 Å². The van der Waals surface area contributed by atoms with E-state index in [0.29, 0.717) is 11.7 Å². The molecule has 0 unspecified atom stereocenters. The number of rotatable bonds is 4. The summed E-state index contributed by atoms with van der Waals surface area (Å²) in [5.41, 5.74) is 0.0506. The van der Waals surface area contributed by atoms with Crippen LogP contribution in [-0.4, -0.2) is 22.6 Å².